The highest BCUT2D eigenvalue weighted by Crippen LogP contribution is 2.32. The highest BCUT2D eigenvalue weighted by atomic mass is 16.5. The average Bonchev–Trinajstić information content (AvgIpc) is 3.25. The van der Waals surface area contributed by atoms with Crippen LogP contribution in [0.4, 0.5) is 10.7 Å². The van der Waals surface area contributed by atoms with Gasteiger partial charge in [-0.1, -0.05) is 6.07 Å². The molecule has 1 amide bonds. The van der Waals surface area contributed by atoms with E-state index in [4.69, 9.17) is 9.72 Å². The first-order valence-corrected chi connectivity index (χ1v) is 11.2. The van der Waals surface area contributed by atoms with E-state index < -0.39 is 0 Å². The van der Waals surface area contributed by atoms with Crippen LogP contribution < -0.4 is 4.90 Å². The lowest BCUT2D eigenvalue weighted by atomic mass is 9.91. The van der Waals surface area contributed by atoms with Crippen LogP contribution in [0.5, 0.6) is 0 Å². The monoisotopic (exact) mass is 435 g/mol. The number of fused-ring (bicyclic) bond motifs is 2. The van der Waals surface area contributed by atoms with E-state index in [1.165, 1.54) is 24.8 Å². The maximum Gasteiger partial charge on any atom is 0.409 e. The van der Waals surface area contributed by atoms with Crippen LogP contribution in [0, 0.1) is 0 Å². The maximum atomic E-state index is 11.8. The normalized spacial score (nSPS) is 18.8. The van der Waals surface area contributed by atoms with Crippen molar-refractivity contribution < 1.29 is 9.53 Å². The van der Waals surface area contributed by atoms with Crippen LogP contribution in [-0.4, -0.2) is 75.6 Å². The first kappa shape index (κ1) is 20.7. The topological polar surface area (TPSA) is 79.1 Å². The molecule has 1 saturated heterocycles. The summed E-state index contributed by atoms with van der Waals surface area (Å²) in [6, 6.07) is 6.48. The first-order valence-electron chi connectivity index (χ1n) is 11.2. The number of carbonyl (C=O) groups excluding carboxylic acids is 1. The van der Waals surface area contributed by atoms with E-state index in [0.717, 1.165) is 36.7 Å². The summed E-state index contributed by atoms with van der Waals surface area (Å²) < 4.78 is 6.90. The number of nitrogens with zero attached hydrogens (tertiary/aromatic N) is 7. The number of ether oxygens (including phenoxy) is 1. The van der Waals surface area contributed by atoms with Gasteiger partial charge in [0.1, 0.15) is 5.65 Å². The molecule has 4 heterocycles. The van der Waals surface area contributed by atoms with Gasteiger partial charge in [-0.25, -0.2) is 14.8 Å². The number of imidazole rings is 1. The Labute approximate surface area is 187 Å². The molecule has 1 atom stereocenters. The maximum absolute atomic E-state index is 11.8. The summed E-state index contributed by atoms with van der Waals surface area (Å²) in [6.45, 7) is 3.39. The van der Waals surface area contributed by atoms with Gasteiger partial charge in [0, 0.05) is 51.3 Å². The van der Waals surface area contributed by atoms with Crippen molar-refractivity contribution in [3.05, 3.63) is 53.7 Å². The Morgan fingerprint density at radius 1 is 1.19 bits per heavy atom. The van der Waals surface area contributed by atoms with Gasteiger partial charge in [0.2, 0.25) is 5.95 Å². The van der Waals surface area contributed by atoms with Crippen LogP contribution in [-0.2, 0) is 17.7 Å². The third-order valence-corrected chi connectivity index (χ3v) is 6.52. The highest BCUT2D eigenvalue weighted by Gasteiger charge is 2.26. The Bertz CT molecular complexity index is 1110. The number of hydrogen-bond donors (Lipinski definition) is 0. The molecule has 0 radical (unpaired) electrons. The number of rotatable bonds is 4. The number of hydrogen-bond acceptors (Lipinski definition) is 7. The molecule has 168 valence electrons. The molecular weight excluding hydrogens is 406 g/mol. The minimum atomic E-state index is -0.275. The molecule has 3 aromatic rings. The third kappa shape index (κ3) is 3.88. The van der Waals surface area contributed by atoms with Crippen LogP contribution in [0.3, 0.4) is 0 Å². The fourth-order valence-electron chi connectivity index (χ4n) is 4.86. The Morgan fingerprint density at radius 2 is 2.03 bits per heavy atom. The van der Waals surface area contributed by atoms with E-state index in [-0.39, 0.29) is 6.09 Å². The van der Waals surface area contributed by atoms with E-state index in [9.17, 15) is 4.79 Å². The number of aryl methyl sites for hydroxylation is 1. The summed E-state index contributed by atoms with van der Waals surface area (Å²) in [4.78, 5) is 32.2. The fourth-order valence-corrected chi connectivity index (χ4v) is 4.86. The lowest BCUT2D eigenvalue weighted by Crippen LogP contribution is -2.49. The molecule has 32 heavy (non-hydrogen) atoms. The lowest BCUT2D eigenvalue weighted by molar-refractivity contribution is 0.121. The third-order valence-electron chi connectivity index (χ3n) is 6.52. The minimum absolute atomic E-state index is 0.275. The Kier molecular flexibility index (Phi) is 5.65. The molecule has 0 spiro atoms. The predicted molar refractivity (Wildman–Crippen MR) is 121 cm³/mol. The molecule has 1 fully saturated rings. The molecule has 1 aliphatic carbocycles. The second kappa shape index (κ2) is 8.74. The van der Waals surface area contributed by atoms with Crippen LogP contribution in [0.2, 0.25) is 0 Å². The molecule has 0 N–H and O–H groups in total. The smallest absolute Gasteiger partial charge is 0.409 e. The van der Waals surface area contributed by atoms with Crippen molar-refractivity contribution in [1.29, 1.82) is 0 Å². The molecule has 0 bridgehead atoms. The Balaban J connectivity index is 1.33. The van der Waals surface area contributed by atoms with Crippen molar-refractivity contribution in [3.63, 3.8) is 0 Å². The summed E-state index contributed by atoms with van der Waals surface area (Å²) in [5.41, 5.74) is 4.47. The van der Waals surface area contributed by atoms with Gasteiger partial charge < -0.3 is 14.5 Å². The van der Waals surface area contributed by atoms with Crippen LogP contribution >= 0.6 is 0 Å². The molecule has 0 saturated carbocycles. The molecule has 9 nitrogen and oxygen atoms in total. The predicted octanol–water partition coefficient (Wildman–Crippen LogP) is 2.52. The van der Waals surface area contributed by atoms with Crippen molar-refractivity contribution in [3.8, 4) is 0 Å². The second-order valence-electron chi connectivity index (χ2n) is 8.52. The Morgan fingerprint density at radius 3 is 2.84 bits per heavy atom. The van der Waals surface area contributed by atoms with Crippen molar-refractivity contribution in [2.45, 2.75) is 31.8 Å². The van der Waals surface area contributed by atoms with E-state index in [1.54, 1.807) is 11.1 Å². The number of methoxy groups -OCH3 is 1. The van der Waals surface area contributed by atoms with Gasteiger partial charge in [0.25, 0.3) is 0 Å². The van der Waals surface area contributed by atoms with Crippen molar-refractivity contribution in [1.82, 2.24) is 29.2 Å². The first-order chi connectivity index (χ1) is 15.6. The van der Waals surface area contributed by atoms with E-state index >= 15 is 0 Å². The highest BCUT2D eigenvalue weighted by molar-refractivity contribution is 5.67. The number of anilines is 1. The zero-order valence-electron chi connectivity index (χ0n) is 18.6. The molecule has 0 unspecified atom stereocenters. The van der Waals surface area contributed by atoms with Gasteiger partial charge in [0.15, 0.2) is 0 Å². The zero-order valence-corrected chi connectivity index (χ0v) is 18.6. The molecule has 2 aliphatic rings. The molecule has 9 heteroatoms. The number of piperazine rings is 1. The standard InChI is InChI=1S/C23H29N7O2/c1-27(19-7-3-5-17-6-4-9-24-21(17)19)15-18-16-30-20(26-18)8-10-25-22(30)28-11-13-29(14-12-28)23(31)32-2/h4,6,8-10,16,19H,3,5,7,11-15H2,1-2H3/t19-/m0/s1. The van der Waals surface area contributed by atoms with Crippen molar-refractivity contribution in [2.24, 2.45) is 0 Å². The van der Waals surface area contributed by atoms with Gasteiger partial charge in [-0.15, -0.1) is 0 Å². The van der Waals surface area contributed by atoms with E-state index in [1.807, 2.05) is 18.3 Å². The SMILES string of the molecule is COC(=O)N1CCN(c2nccc3nc(CN(C)[C@H]4CCCc5cccnc54)cn23)CC1. The Hall–Kier alpha value is -3.20. The zero-order chi connectivity index (χ0) is 22.1. The van der Waals surface area contributed by atoms with Crippen molar-refractivity contribution in [2.75, 3.05) is 45.2 Å². The van der Waals surface area contributed by atoms with Gasteiger partial charge in [-0.2, -0.15) is 0 Å². The van der Waals surface area contributed by atoms with Gasteiger partial charge in [0.05, 0.1) is 24.5 Å². The van der Waals surface area contributed by atoms with E-state index in [0.29, 0.717) is 32.2 Å². The lowest BCUT2D eigenvalue weighted by Gasteiger charge is -2.34. The number of carbonyl (C=O) groups is 1. The fraction of sp³-hybridized carbons (Fsp3) is 0.478. The average molecular weight is 436 g/mol. The largest absolute Gasteiger partial charge is 0.453 e. The summed E-state index contributed by atoms with van der Waals surface area (Å²) in [7, 11) is 3.58. The van der Waals surface area contributed by atoms with E-state index in [2.05, 4.69) is 43.5 Å². The number of amides is 1. The molecule has 0 aromatic carbocycles. The molecule has 1 aliphatic heterocycles. The number of aromatic nitrogens is 4. The van der Waals surface area contributed by atoms with Gasteiger partial charge in [-0.3, -0.25) is 14.3 Å². The molecule has 3 aromatic heterocycles. The summed E-state index contributed by atoms with van der Waals surface area (Å²) in [5, 5.41) is 0. The quantitative estimate of drug-likeness (QED) is 0.623. The summed E-state index contributed by atoms with van der Waals surface area (Å²) in [5.74, 6) is 0.859. The minimum Gasteiger partial charge on any atom is -0.453 e. The summed E-state index contributed by atoms with van der Waals surface area (Å²) >= 11 is 0. The van der Waals surface area contributed by atoms with Gasteiger partial charge >= 0.3 is 6.09 Å². The van der Waals surface area contributed by atoms with Crippen LogP contribution in [0.15, 0.2) is 36.8 Å². The second-order valence-corrected chi connectivity index (χ2v) is 8.52. The van der Waals surface area contributed by atoms with Crippen molar-refractivity contribution >= 4 is 17.7 Å². The molecular formula is C23H29N7O2. The van der Waals surface area contributed by atoms with Crippen LogP contribution in [0.25, 0.3) is 5.65 Å². The van der Waals surface area contributed by atoms with Gasteiger partial charge in [-0.05, 0) is 44.0 Å². The molecule has 5 rings (SSSR count). The number of pyridine rings is 1. The summed E-state index contributed by atoms with van der Waals surface area (Å²) in [6.07, 6.45) is 8.92. The van der Waals surface area contributed by atoms with Crippen LogP contribution in [0.1, 0.15) is 35.8 Å².